The maximum atomic E-state index is 2.38. The molecule has 0 aromatic heterocycles. The number of likely N-dealkylation sites (N-methyl/N-ethyl adjacent to an activating group) is 1. The first-order valence-electron chi connectivity index (χ1n) is 5.16. The standard InChI is InChI=1S/C12H21N/c1-10(2)11-6-5-7-12(9-8-11)13(3)4/h6,8-10,12H,5,7H2,1-4H3. The SMILES string of the molecule is CC(C)C1=CCCC(N(C)C)C=C1. The van der Waals surface area contributed by atoms with Gasteiger partial charge in [-0.15, -0.1) is 0 Å². The average Bonchev–Trinajstić information content (AvgIpc) is 2.27. The maximum absolute atomic E-state index is 2.38. The summed E-state index contributed by atoms with van der Waals surface area (Å²) in [5, 5.41) is 0. The normalized spacial score (nSPS) is 23.5. The zero-order valence-electron chi connectivity index (χ0n) is 9.25. The summed E-state index contributed by atoms with van der Waals surface area (Å²) in [6, 6.07) is 0.618. The van der Waals surface area contributed by atoms with Crippen molar-refractivity contribution in [2.45, 2.75) is 32.7 Å². The Labute approximate surface area is 82.1 Å². The molecular weight excluding hydrogens is 158 g/mol. The average molecular weight is 179 g/mol. The zero-order valence-corrected chi connectivity index (χ0v) is 9.25. The van der Waals surface area contributed by atoms with Crippen LogP contribution >= 0.6 is 0 Å². The zero-order chi connectivity index (χ0) is 9.84. The molecule has 1 atom stereocenters. The van der Waals surface area contributed by atoms with Gasteiger partial charge in [0.15, 0.2) is 0 Å². The summed E-state index contributed by atoms with van der Waals surface area (Å²) < 4.78 is 0. The van der Waals surface area contributed by atoms with E-state index in [0.717, 1.165) is 0 Å². The van der Waals surface area contributed by atoms with Gasteiger partial charge < -0.3 is 4.90 Å². The topological polar surface area (TPSA) is 3.24 Å². The van der Waals surface area contributed by atoms with Crippen molar-refractivity contribution in [2.75, 3.05) is 14.1 Å². The third-order valence-electron chi connectivity index (χ3n) is 2.68. The van der Waals surface area contributed by atoms with Crippen LogP contribution in [0.3, 0.4) is 0 Å². The Morgan fingerprint density at radius 1 is 1.38 bits per heavy atom. The highest BCUT2D eigenvalue weighted by Crippen LogP contribution is 2.19. The van der Waals surface area contributed by atoms with Crippen molar-refractivity contribution in [3.05, 3.63) is 23.8 Å². The van der Waals surface area contributed by atoms with Gasteiger partial charge in [-0.1, -0.05) is 32.1 Å². The van der Waals surface area contributed by atoms with Crippen LogP contribution in [0.5, 0.6) is 0 Å². The summed E-state index contributed by atoms with van der Waals surface area (Å²) in [4.78, 5) is 2.29. The number of nitrogens with zero attached hydrogens (tertiary/aromatic N) is 1. The van der Waals surface area contributed by atoms with Crippen LogP contribution in [0.2, 0.25) is 0 Å². The molecule has 74 valence electrons. The highest BCUT2D eigenvalue weighted by atomic mass is 15.1. The Morgan fingerprint density at radius 3 is 2.62 bits per heavy atom. The van der Waals surface area contributed by atoms with Gasteiger partial charge in [0.25, 0.3) is 0 Å². The van der Waals surface area contributed by atoms with Gasteiger partial charge in [-0.2, -0.15) is 0 Å². The van der Waals surface area contributed by atoms with Crippen molar-refractivity contribution in [2.24, 2.45) is 5.92 Å². The summed E-state index contributed by atoms with van der Waals surface area (Å²) in [5.41, 5.74) is 1.49. The molecule has 0 N–H and O–H groups in total. The van der Waals surface area contributed by atoms with E-state index < -0.39 is 0 Å². The van der Waals surface area contributed by atoms with Crippen molar-refractivity contribution in [3.63, 3.8) is 0 Å². The Morgan fingerprint density at radius 2 is 2.08 bits per heavy atom. The van der Waals surface area contributed by atoms with Gasteiger partial charge in [0.2, 0.25) is 0 Å². The van der Waals surface area contributed by atoms with Crippen LogP contribution in [0.1, 0.15) is 26.7 Å². The second-order valence-electron chi connectivity index (χ2n) is 4.33. The van der Waals surface area contributed by atoms with Crippen LogP contribution in [-0.2, 0) is 0 Å². The fourth-order valence-electron chi connectivity index (χ4n) is 1.67. The van der Waals surface area contributed by atoms with Gasteiger partial charge in [-0.05, 0) is 38.4 Å². The molecule has 13 heavy (non-hydrogen) atoms. The second kappa shape index (κ2) is 4.61. The minimum Gasteiger partial charge on any atom is -0.303 e. The lowest BCUT2D eigenvalue weighted by atomic mass is 10.0. The van der Waals surface area contributed by atoms with E-state index in [9.17, 15) is 0 Å². The first kappa shape index (κ1) is 10.5. The summed E-state index contributed by atoms with van der Waals surface area (Å²) >= 11 is 0. The van der Waals surface area contributed by atoms with E-state index in [0.29, 0.717) is 12.0 Å². The predicted octanol–water partition coefficient (Wildman–Crippen LogP) is 2.85. The van der Waals surface area contributed by atoms with Gasteiger partial charge in [0.1, 0.15) is 0 Å². The number of rotatable bonds is 2. The van der Waals surface area contributed by atoms with Crippen molar-refractivity contribution in [1.82, 2.24) is 4.90 Å². The van der Waals surface area contributed by atoms with Crippen LogP contribution in [0.25, 0.3) is 0 Å². The van der Waals surface area contributed by atoms with Gasteiger partial charge in [-0.3, -0.25) is 0 Å². The molecule has 0 saturated carbocycles. The van der Waals surface area contributed by atoms with Gasteiger partial charge in [0.05, 0.1) is 0 Å². The van der Waals surface area contributed by atoms with Crippen LogP contribution in [0, 0.1) is 5.92 Å². The molecule has 0 radical (unpaired) electrons. The minimum absolute atomic E-state index is 0.618. The Balaban J connectivity index is 2.64. The molecule has 0 amide bonds. The van der Waals surface area contributed by atoms with Crippen molar-refractivity contribution in [3.8, 4) is 0 Å². The molecule has 0 fully saturated rings. The Bertz CT molecular complexity index is 211. The Hall–Kier alpha value is -0.560. The first-order chi connectivity index (χ1) is 6.11. The summed E-state index contributed by atoms with van der Waals surface area (Å²) in [5.74, 6) is 0.664. The van der Waals surface area contributed by atoms with E-state index in [4.69, 9.17) is 0 Å². The maximum Gasteiger partial charge on any atom is 0.0278 e. The van der Waals surface area contributed by atoms with Gasteiger partial charge in [-0.25, -0.2) is 0 Å². The molecule has 1 aliphatic rings. The molecule has 0 saturated heterocycles. The predicted molar refractivity (Wildman–Crippen MR) is 58.8 cm³/mol. The van der Waals surface area contributed by atoms with E-state index >= 15 is 0 Å². The third-order valence-corrected chi connectivity index (χ3v) is 2.68. The molecule has 1 heteroatoms. The van der Waals surface area contributed by atoms with E-state index in [1.165, 1.54) is 18.4 Å². The number of hydrogen-bond acceptors (Lipinski definition) is 1. The second-order valence-corrected chi connectivity index (χ2v) is 4.33. The summed E-state index contributed by atoms with van der Waals surface area (Å²) in [6.07, 6.45) is 9.47. The molecule has 1 rings (SSSR count). The molecule has 1 unspecified atom stereocenters. The molecule has 0 aromatic carbocycles. The van der Waals surface area contributed by atoms with Gasteiger partial charge in [0, 0.05) is 6.04 Å². The summed E-state index contributed by atoms with van der Waals surface area (Å²) in [6.45, 7) is 4.51. The fourth-order valence-corrected chi connectivity index (χ4v) is 1.67. The van der Waals surface area contributed by atoms with E-state index in [2.05, 4.69) is 51.1 Å². The summed E-state index contributed by atoms with van der Waals surface area (Å²) in [7, 11) is 4.30. The van der Waals surface area contributed by atoms with Crippen LogP contribution in [0.4, 0.5) is 0 Å². The Kier molecular flexibility index (Phi) is 3.73. The van der Waals surface area contributed by atoms with E-state index in [1.54, 1.807) is 0 Å². The quantitative estimate of drug-likeness (QED) is 0.630. The highest BCUT2D eigenvalue weighted by molar-refractivity contribution is 5.24. The third kappa shape index (κ3) is 3.00. The lowest BCUT2D eigenvalue weighted by molar-refractivity contribution is 0.330. The monoisotopic (exact) mass is 179 g/mol. The van der Waals surface area contributed by atoms with Crippen LogP contribution in [-0.4, -0.2) is 25.0 Å². The smallest absolute Gasteiger partial charge is 0.0278 e. The highest BCUT2D eigenvalue weighted by Gasteiger charge is 2.10. The minimum atomic E-state index is 0.618. The molecule has 1 nitrogen and oxygen atoms in total. The van der Waals surface area contributed by atoms with E-state index in [-0.39, 0.29) is 0 Å². The van der Waals surface area contributed by atoms with Crippen molar-refractivity contribution >= 4 is 0 Å². The van der Waals surface area contributed by atoms with E-state index in [1.807, 2.05) is 0 Å². The number of hydrogen-bond donors (Lipinski definition) is 0. The largest absolute Gasteiger partial charge is 0.303 e. The van der Waals surface area contributed by atoms with Crippen LogP contribution in [0.15, 0.2) is 23.8 Å². The molecule has 0 aliphatic heterocycles. The van der Waals surface area contributed by atoms with Gasteiger partial charge >= 0.3 is 0 Å². The fraction of sp³-hybridized carbons (Fsp3) is 0.667. The molecule has 0 bridgehead atoms. The lowest BCUT2D eigenvalue weighted by Crippen LogP contribution is -2.25. The number of allylic oxidation sites excluding steroid dienone is 3. The van der Waals surface area contributed by atoms with Crippen molar-refractivity contribution in [1.29, 1.82) is 0 Å². The molecule has 0 spiro atoms. The molecule has 0 aromatic rings. The van der Waals surface area contributed by atoms with Crippen LogP contribution < -0.4 is 0 Å². The molecular formula is C12H21N. The lowest BCUT2D eigenvalue weighted by Gasteiger charge is -2.19. The van der Waals surface area contributed by atoms with Crippen molar-refractivity contribution < 1.29 is 0 Å². The first-order valence-corrected chi connectivity index (χ1v) is 5.16. The molecule has 0 heterocycles. The molecule has 1 aliphatic carbocycles.